The van der Waals surface area contributed by atoms with Crippen LogP contribution in [0.1, 0.15) is 6.92 Å². The fourth-order valence-electron chi connectivity index (χ4n) is 2.55. The maximum atomic E-state index is 13.8. The molecule has 2 rings (SSSR count). The van der Waals surface area contributed by atoms with Crippen molar-refractivity contribution in [1.82, 2.24) is 14.5 Å². The largest absolute Gasteiger partial charge is 0.453 e. The maximum absolute atomic E-state index is 13.8. The molecule has 138 valence electrons. The first-order valence-corrected chi connectivity index (χ1v) is 9.09. The highest BCUT2D eigenvalue weighted by Gasteiger charge is 2.33. The fourth-order valence-corrected chi connectivity index (χ4v) is 4.03. The van der Waals surface area contributed by atoms with E-state index in [2.05, 4.69) is 10.1 Å². The van der Waals surface area contributed by atoms with Crippen molar-refractivity contribution < 1.29 is 27.1 Å². The van der Waals surface area contributed by atoms with E-state index in [9.17, 15) is 22.4 Å². The van der Waals surface area contributed by atoms with Gasteiger partial charge in [0, 0.05) is 26.2 Å². The van der Waals surface area contributed by atoms with E-state index in [1.54, 1.807) is 11.8 Å². The molecule has 0 aromatic heterocycles. The highest BCUT2D eigenvalue weighted by Crippen LogP contribution is 2.20. The summed E-state index contributed by atoms with van der Waals surface area (Å²) in [6.45, 7) is 2.41. The van der Waals surface area contributed by atoms with Crippen LogP contribution in [-0.4, -0.2) is 69.0 Å². The number of carbonyl (C=O) groups excluding carboxylic acids is 2. The average molecular weight is 373 g/mol. The number of ether oxygens (including phenoxy) is 1. The van der Waals surface area contributed by atoms with Gasteiger partial charge in [0.1, 0.15) is 10.7 Å². The van der Waals surface area contributed by atoms with Gasteiger partial charge in [0.15, 0.2) is 0 Å². The number of benzene rings is 1. The number of imide groups is 1. The Kier molecular flexibility index (Phi) is 6.09. The molecule has 1 aromatic rings. The van der Waals surface area contributed by atoms with E-state index >= 15 is 0 Å². The van der Waals surface area contributed by atoms with E-state index in [-0.39, 0.29) is 31.1 Å². The van der Waals surface area contributed by atoms with Crippen molar-refractivity contribution in [3.05, 3.63) is 30.1 Å². The van der Waals surface area contributed by atoms with Crippen LogP contribution in [0.25, 0.3) is 0 Å². The Morgan fingerprint density at radius 3 is 2.36 bits per heavy atom. The summed E-state index contributed by atoms with van der Waals surface area (Å²) in [5, 5.41) is 2.08. The lowest BCUT2D eigenvalue weighted by Gasteiger charge is -2.36. The van der Waals surface area contributed by atoms with Crippen LogP contribution in [0.2, 0.25) is 0 Å². The molecular weight excluding hydrogens is 353 g/mol. The number of amides is 2. The summed E-state index contributed by atoms with van der Waals surface area (Å²) in [6.07, 6.45) is -0.849. The van der Waals surface area contributed by atoms with Gasteiger partial charge in [0.05, 0.1) is 13.2 Å². The van der Waals surface area contributed by atoms with E-state index in [4.69, 9.17) is 0 Å². The van der Waals surface area contributed by atoms with E-state index < -0.39 is 33.9 Å². The maximum Gasteiger partial charge on any atom is 0.413 e. The number of rotatable bonds is 4. The first-order valence-electron chi connectivity index (χ1n) is 7.65. The van der Waals surface area contributed by atoms with Crippen molar-refractivity contribution in [3.63, 3.8) is 0 Å². The predicted octanol–water partition coefficient (Wildman–Crippen LogP) is 0.403. The van der Waals surface area contributed by atoms with Gasteiger partial charge in [0.25, 0.3) is 0 Å². The lowest BCUT2D eigenvalue weighted by molar-refractivity contribution is -0.125. The summed E-state index contributed by atoms with van der Waals surface area (Å²) in [5.74, 6) is -1.33. The van der Waals surface area contributed by atoms with Gasteiger partial charge in [-0.2, -0.15) is 4.31 Å². The van der Waals surface area contributed by atoms with Crippen LogP contribution < -0.4 is 5.32 Å². The molecule has 1 N–H and O–H groups in total. The quantitative estimate of drug-likeness (QED) is 0.821. The molecule has 0 radical (unpaired) electrons. The Morgan fingerprint density at radius 2 is 1.80 bits per heavy atom. The molecule has 1 heterocycles. The summed E-state index contributed by atoms with van der Waals surface area (Å²) in [4.78, 5) is 24.4. The molecule has 0 aliphatic carbocycles. The molecule has 0 unspecified atom stereocenters. The molecule has 0 bridgehead atoms. The fraction of sp³-hybridized carbons (Fsp3) is 0.467. The van der Waals surface area contributed by atoms with Crippen molar-refractivity contribution in [2.45, 2.75) is 17.9 Å². The van der Waals surface area contributed by atoms with E-state index in [1.807, 2.05) is 0 Å². The molecular formula is C15H20FN3O5S. The number of halogens is 1. The van der Waals surface area contributed by atoms with Crippen molar-refractivity contribution in [1.29, 1.82) is 0 Å². The molecule has 1 aliphatic heterocycles. The van der Waals surface area contributed by atoms with Crippen LogP contribution in [0.5, 0.6) is 0 Å². The van der Waals surface area contributed by atoms with Crippen LogP contribution in [0.4, 0.5) is 9.18 Å². The summed E-state index contributed by atoms with van der Waals surface area (Å²) < 4.78 is 44.4. The number of nitrogens with zero attached hydrogens (tertiary/aromatic N) is 2. The molecule has 1 aliphatic rings. The van der Waals surface area contributed by atoms with Crippen LogP contribution >= 0.6 is 0 Å². The molecule has 1 atom stereocenters. The number of methoxy groups -OCH3 is 1. The molecule has 0 spiro atoms. The summed E-state index contributed by atoms with van der Waals surface area (Å²) in [5.41, 5.74) is 0. The molecule has 8 nitrogen and oxygen atoms in total. The Labute approximate surface area is 145 Å². The van der Waals surface area contributed by atoms with E-state index in [1.165, 1.54) is 22.5 Å². The van der Waals surface area contributed by atoms with Crippen molar-refractivity contribution in [2.75, 3.05) is 33.3 Å². The minimum atomic E-state index is -3.93. The number of sulfonamides is 1. The average Bonchev–Trinajstić information content (AvgIpc) is 2.61. The zero-order chi connectivity index (χ0) is 18.6. The highest BCUT2D eigenvalue weighted by atomic mass is 32.2. The lowest BCUT2D eigenvalue weighted by atomic mass is 10.2. The third-order valence-electron chi connectivity index (χ3n) is 4.07. The zero-order valence-corrected chi connectivity index (χ0v) is 14.8. The number of alkyl carbamates (subject to hydrolysis) is 1. The monoisotopic (exact) mass is 373 g/mol. The number of nitrogens with one attached hydrogen (secondary N) is 1. The van der Waals surface area contributed by atoms with Gasteiger partial charge in [-0.15, -0.1) is 0 Å². The second-order valence-electron chi connectivity index (χ2n) is 5.53. The molecule has 1 saturated heterocycles. The van der Waals surface area contributed by atoms with Gasteiger partial charge in [-0.05, 0) is 19.1 Å². The van der Waals surface area contributed by atoms with Gasteiger partial charge >= 0.3 is 6.09 Å². The zero-order valence-electron chi connectivity index (χ0n) is 13.9. The molecule has 1 fully saturated rings. The van der Waals surface area contributed by atoms with Gasteiger partial charge in [-0.25, -0.2) is 17.6 Å². The predicted molar refractivity (Wildman–Crippen MR) is 86.7 cm³/mol. The SMILES string of the molecule is COC(=O)NC(=O)[C@H](C)N1CCN(S(=O)(=O)c2ccccc2F)CC1. The Hall–Kier alpha value is -2.04. The third kappa shape index (κ3) is 4.33. The number of carbonyl (C=O) groups is 2. The van der Waals surface area contributed by atoms with Crippen molar-refractivity contribution >= 4 is 22.0 Å². The van der Waals surface area contributed by atoms with Crippen molar-refractivity contribution in [3.8, 4) is 0 Å². The molecule has 2 amide bonds. The van der Waals surface area contributed by atoms with Crippen molar-refractivity contribution in [2.24, 2.45) is 0 Å². The van der Waals surface area contributed by atoms with Crippen LogP contribution in [0.3, 0.4) is 0 Å². The summed E-state index contributed by atoms with van der Waals surface area (Å²) in [7, 11) is -2.78. The van der Waals surface area contributed by atoms with Crippen LogP contribution in [0.15, 0.2) is 29.2 Å². The van der Waals surface area contributed by atoms with Crippen LogP contribution in [-0.2, 0) is 19.6 Å². The third-order valence-corrected chi connectivity index (χ3v) is 6.00. The van der Waals surface area contributed by atoms with Gasteiger partial charge in [0.2, 0.25) is 15.9 Å². The highest BCUT2D eigenvalue weighted by molar-refractivity contribution is 7.89. The number of piperazine rings is 1. The van der Waals surface area contributed by atoms with Gasteiger partial charge < -0.3 is 4.74 Å². The normalized spacial score (nSPS) is 17.7. The second-order valence-corrected chi connectivity index (χ2v) is 7.43. The van der Waals surface area contributed by atoms with Crippen LogP contribution in [0, 0.1) is 5.82 Å². The topological polar surface area (TPSA) is 96.0 Å². The smallest absolute Gasteiger partial charge is 0.413 e. The van der Waals surface area contributed by atoms with Gasteiger partial charge in [-0.1, -0.05) is 12.1 Å². The Bertz CT molecular complexity index is 747. The Morgan fingerprint density at radius 1 is 1.20 bits per heavy atom. The van der Waals surface area contributed by atoms with Gasteiger partial charge in [-0.3, -0.25) is 15.0 Å². The summed E-state index contributed by atoms with van der Waals surface area (Å²) >= 11 is 0. The molecule has 10 heteroatoms. The number of hydrogen-bond donors (Lipinski definition) is 1. The second kappa shape index (κ2) is 7.89. The lowest BCUT2D eigenvalue weighted by Crippen LogP contribution is -2.55. The van der Waals surface area contributed by atoms with E-state index in [0.717, 1.165) is 13.2 Å². The molecule has 1 aromatic carbocycles. The molecule has 25 heavy (non-hydrogen) atoms. The van der Waals surface area contributed by atoms with E-state index in [0.29, 0.717) is 0 Å². The molecule has 0 saturated carbocycles. The standard InChI is InChI=1S/C15H20FN3O5S/c1-11(14(20)17-15(21)24-2)18-7-9-19(10-8-18)25(22,23)13-6-4-3-5-12(13)16/h3-6,11H,7-10H2,1-2H3,(H,17,20,21)/t11-/m0/s1. The first kappa shape index (κ1) is 19.3. The minimum absolute atomic E-state index is 0.118. The minimum Gasteiger partial charge on any atom is -0.453 e. The Balaban J connectivity index is 2.01. The first-order chi connectivity index (χ1) is 11.8. The summed E-state index contributed by atoms with van der Waals surface area (Å²) in [6, 6.07) is 4.59. The number of hydrogen-bond acceptors (Lipinski definition) is 6.